The van der Waals surface area contributed by atoms with Gasteiger partial charge >= 0.3 is 0 Å². The topological polar surface area (TPSA) is 60.4 Å². The maximum absolute atomic E-state index is 11.6. The third-order valence-electron chi connectivity index (χ3n) is 2.67. The van der Waals surface area contributed by atoms with Crippen molar-refractivity contribution in [2.24, 2.45) is 5.92 Å². The molecule has 1 atom stereocenters. The predicted molar refractivity (Wildman–Crippen MR) is 61.9 cm³/mol. The highest BCUT2D eigenvalue weighted by molar-refractivity contribution is 6.42. The van der Waals surface area contributed by atoms with Crippen LogP contribution in [0.4, 0.5) is 5.69 Å². The van der Waals surface area contributed by atoms with Gasteiger partial charge < -0.3 is 14.8 Å². The van der Waals surface area contributed by atoms with Crippen LogP contribution in [0, 0.1) is 5.92 Å². The Labute approximate surface area is 108 Å². The molecule has 1 aliphatic rings. The van der Waals surface area contributed by atoms with Gasteiger partial charge in [-0.3, -0.25) is 4.79 Å². The zero-order valence-corrected chi connectivity index (χ0v) is 10.2. The SMILES string of the molecule is O=C([O-])C1CC(=O)N(c2ccc(Cl)c(Cl)c2)C1. The summed E-state index contributed by atoms with van der Waals surface area (Å²) < 4.78 is 0. The Kier molecular flexibility index (Phi) is 3.26. The molecule has 2 rings (SSSR count). The van der Waals surface area contributed by atoms with Gasteiger partial charge in [-0.1, -0.05) is 23.2 Å². The first-order valence-corrected chi connectivity index (χ1v) is 5.71. The van der Waals surface area contributed by atoms with Crippen LogP contribution in [-0.2, 0) is 9.59 Å². The fourth-order valence-electron chi connectivity index (χ4n) is 1.77. The smallest absolute Gasteiger partial charge is 0.227 e. The molecule has 1 aromatic rings. The molecule has 0 spiro atoms. The molecule has 0 saturated carbocycles. The van der Waals surface area contributed by atoms with E-state index >= 15 is 0 Å². The Morgan fingerprint density at radius 3 is 2.59 bits per heavy atom. The number of amides is 1. The highest BCUT2D eigenvalue weighted by atomic mass is 35.5. The molecule has 17 heavy (non-hydrogen) atoms. The van der Waals surface area contributed by atoms with Gasteiger partial charge in [-0.15, -0.1) is 0 Å². The van der Waals surface area contributed by atoms with E-state index in [4.69, 9.17) is 23.2 Å². The Balaban J connectivity index is 2.26. The minimum atomic E-state index is -1.21. The number of anilines is 1. The van der Waals surface area contributed by atoms with Crippen molar-refractivity contribution in [3.63, 3.8) is 0 Å². The number of halogens is 2. The van der Waals surface area contributed by atoms with Crippen molar-refractivity contribution in [1.82, 2.24) is 0 Å². The summed E-state index contributed by atoms with van der Waals surface area (Å²) in [5, 5.41) is 11.4. The molecule has 6 heteroatoms. The molecular weight excluding hydrogens is 265 g/mol. The Morgan fingerprint density at radius 2 is 2.06 bits per heavy atom. The average Bonchev–Trinajstić information content (AvgIpc) is 2.65. The summed E-state index contributed by atoms with van der Waals surface area (Å²) in [5.41, 5.74) is 0.549. The summed E-state index contributed by atoms with van der Waals surface area (Å²) >= 11 is 11.6. The largest absolute Gasteiger partial charge is 0.550 e. The normalized spacial score (nSPS) is 19.8. The van der Waals surface area contributed by atoms with Gasteiger partial charge in [-0.25, -0.2) is 0 Å². The van der Waals surface area contributed by atoms with Crippen molar-refractivity contribution in [2.45, 2.75) is 6.42 Å². The molecule has 1 unspecified atom stereocenters. The maximum atomic E-state index is 11.6. The number of carboxylic acid groups (broad SMARTS) is 1. The maximum Gasteiger partial charge on any atom is 0.227 e. The second kappa shape index (κ2) is 4.55. The lowest BCUT2D eigenvalue weighted by molar-refractivity contribution is -0.310. The molecule has 0 radical (unpaired) electrons. The molecule has 0 N–H and O–H groups in total. The highest BCUT2D eigenvalue weighted by Gasteiger charge is 2.31. The Hall–Kier alpha value is -1.26. The number of nitrogens with zero attached hydrogens (tertiary/aromatic N) is 1. The second-order valence-corrected chi connectivity index (χ2v) is 4.64. The minimum Gasteiger partial charge on any atom is -0.550 e. The van der Waals surface area contributed by atoms with E-state index in [9.17, 15) is 14.7 Å². The van der Waals surface area contributed by atoms with Gasteiger partial charge in [0.1, 0.15) is 0 Å². The van der Waals surface area contributed by atoms with Crippen LogP contribution >= 0.6 is 23.2 Å². The molecule has 1 heterocycles. The zero-order chi connectivity index (χ0) is 12.6. The van der Waals surface area contributed by atoms with Crippen LogP contribution in [0.1, 0.15) is 6.42 Å². The molecule has 0 bridgehead atoms. The molecule has 0 aliphatic carbocycles. The molecule has 1 aliphatic heterocycles. The number of rotatable bonds is 2. The van der Waals surface area contributed by atoms with Crippen LogP contribution in [0.2, 0.25) is 10.0 Å². The summed E-state index contributed by atoms with van der Waals surface area (Å²) in [6.45, 7) is 0.110. The van der Waals surface area contributed by atoms with E-state index < -0.39 is 11.9 Å². The van der Waals surface area contributed by atoms with E-state index in [1.165, 1.54) is 4.90 Å². The molecule has 0 aromatic heterocycles. The van der Waals surface area contributed by atoms with Crippen molar-refractivity contribution in [1.29, 1.82) is 0 Å². The first-order valence-electron chi connectivity index (χ1n) is 4.95. The molecule has 1 fully saturated rings. The predicted octanol–water partition coefficient (Wildman–Crippen LogP) is 1.10. The number of carboxylic acids is 1. The third-order valence-corrected chi connectivity index (χ3v) is 3.41. The number of hydrogen-bond donors (Lipinski definition) is 0. The van der Waals surface area contributed by atoms with E-state index in [2.05, 4.69) is 0 Å². The van der Waals surface area contributed by atoms with Gasteiger partial charge in [-0.2, -0.15) is 0 Å². The zero-order valence-electron chi connectivity index (χ0n) is 8.65. The van der Waals surface area contributed by atoms with Crippen LogP contribution in [0.3, 0.4) is 0 Å². The fraction of sp³-hybridized carbons (Fsp3) is 0.273. The van der Waals surface area contributed by atoms with Gasteiger partial charge in [0.25, 0.3) is 0 Å². The minimum absolute atomic E-state index is 0.0391. The highest BCUT2D eigenvalue weighted by Crippen LogP contribution is 2.30. The molecule has 1 amide bonds. The first kappa shape index (κ1) is 12.2. The Bertz CT molecular complexity index is 490. The van der Waals surface area contributed by atoms with Crippen LogP contribution in [0.5, 0.6) is 0 Å². The summed E-state index contributed by atoms with van der Waals surface area (Å²) in [7, 11) is 0. The fourth-order valence-corrected chi connectivity index (χ4v) is 2.06. The van der Waals surface area contributed by atoms with Crippen molar-refractivity contribution >= 4 is 40.8 Å². The van der Waals surface area contributed by atoms with Gasteiger partial charge in [0.2, 0.25) is 5.91 Å². The average molecular weight is 273 g/mol. The van der Waals surface area contributed by atoms with Gasteiger partial charge in [0.05, 0.1) is 10.0 Å². The monoisotopic (exact) mass is 272 g/mol. The van der Waals surface area contributed by atoms with E-state index in [-0.39, 0.29) is 18.9 Å². The van der Waals surface area contributed by atoms with E-state index in [1.807, 2.05) is 0 Å². The number of benzene rings is 1. The standard InChI is InChI=1S/C11H9Cl2NO3/c12-8-2-1-7(4-9(8)13)14-5-6(11(16)17)3-10(14)15/h1-2,4,6H,3,5H2,(H,16,17)/p-1. The number of hydrogen-bond acceptors (Lipinski definition) is 3. The number of carbonyl (C=O) groups excluding carboxylic acids is 2. The van der Waals surface area contributed by atoms with Crippen molar-refractivity contribution in [3.05, 3.63) is 28.2 Å². The molecule has 90 valence electrons. The third kappa shape index (κ3) is 2.37. The van der Waals surface area contributed by atoms with Gasteiger partial charge in [0.15, 0.2) is 0 Å². The molecular formula is C11H8Cl2NO3-. The van der Waals surface area contributed by atoms with Gasteiger partial charge in [-0.05, 0) is 18.2 Å². The van der Waals surface area contributed by atoms with E-state index in [0.717, 1.165) is 0 Å². The summed E-state index contributed by atoms with van der Waals surface area (Å²) in [4.78, 5) is 23.7. The van der Waals surface area contributed by atoms with E-state index in [1.54, 1.807) is 18.2 Å². The second-order valence-electron chi connectivity index (χ2n) is 3.82. The van der Waals surface area contributed by atoms with Crippen LogP contribution < -0.4 is 10.0 Å². The first-order chi connectivity index (χ1) is 7.99. The Morgan fingerprint density at radius 1 is 1.35 bits per heavy atom. The number of aliphatic carboxylic acids is 1. The quantitative estimate of drug-likeness (QED) is 0.810. The molecule has 4 nitrogen and oxygen atoms in total. The summed E-state index contributed by atoms with van der Waals surface area (Å²) in [6.07, 6.45) is -0.0391. The molecule has 1 saturated heterocycles. The van der Waals surface area contributed by atoms with Crippen molar-refractivity contribution in [2.75, 3.05) is 11.4 Å². The van der Waals surface area contributed by atoms with Crippen LogP contribution in [-0.4, -0.2) is 18.4 Å². The summed E-state index contributed by atoms with van der Waals surface area (Å²) in [5.74, 6) is -2.23. The summed E-state index contributed by atoms with van der Waals surface area (Å²) in [6, 6.07) is 4.74. The van der Waals surface area contributed by atoms with Crippen LogP contribution in [0.25, 0.3) is 0 Å². The lowest BCUT2D eigenvalue weighted by atomic mass is 10.1. The van der Waals surface area contributed by atoms with Crippen LogP contribution in [0.15, 0.2) is 18.2 Å². The van der Waals surface area contributed by atoms with Crippen molar-refractivity contribution in [3.8, 4) is 0 Å². The number of carbonyl (C=O) groups is 2. The molecule has 1 aromatic carbocycles. The lowest BCUT2D eigenvalue weighted by Crippen LogP contribution is -2.33. The van der Waals surface area contributed by atoms with Gasteiger partial charge in [0, 0.05) is 30.5 Å². The lowest BCUT2D eigenvalue weighted by Gasteiger charge is -2.17. The van der Waals surface area contributed by atoms with E-state index in [0.29, 0.717) is 15.7 Å². The van der Waals surface area contributed by atoms with Crippen molar-refractivity contribution < 1.29 is 14.7 Å².